The van der Waals surface area contributed by atoms with Crippen molar-refractivity contribution in [2.45, 2.75) is 25.8 Å². The van der Waals surface area contributed by atoms with Crippen LogP contribution in [0.5, 0.6) is 23.0 Å². The van der Waals surface area contributed by atoms with E-state index in [2.05, 4.69) is 18.2 Å². The van der Waals surface area contributed by atoms with Crippen LogP contribution in [0, 0.1) is 0 Å². The molecule has 6 rings (SSSR count). The lowest BCUT2D eigenvalue weighted by Crippen LogP contribution is -2.39. The molecule has 0 amide bonds. The zero-order valence-corrected chi connectivity index (χ0v) is 22.7. The molecule has 2 aliphatic rings. The van der Waals surface area contributed by atoms with Crippen molar-refractivity contribution < 1.29 is 19.3 Å². The van der Waals surface area contributed by atoms with Gasteiger partial charge in [-0.15, -0.1) is 0 Å². The molecule has 7 nitrogen and oxygen atoms in total. The number of aromatic nitrogens is 1. The molecule has 1 N–H and O–H groups in total. The van der Waals surface area contributed by atoms with Gasteiger partial charge in [-0.3, -0.25) is 9.36 Å². The second kappa shape index (κ2) is 10.1. The van der Waals surface area contributed by atoms with Crippen molar-refractivity contribution in [3.8, 4) is 23.0 Å². The largest absolute Gasteiger partial charge is 0.504 e. The third-order valence-corrected chi connectivity index (χ3v) is 8.17. The molecule has 0 bridgehead atoms. The van der Waals surface area contributed by atoms with Gasteiger partial charge in [0.25, 0.3) is 5.56 Å². The number of allylic oxidation sites excluding steroid dienone is 1. The van der Waals surface area contributed by atoms with Crippen LogP contribution in [0.3, 0.4) is 0 Å². The smallest absolute Gasteiger partial charge is 0.271 e. The molecular formula is C31H28N2O5S. The van der Waals surface area contributed by atoms with E-state index in [0.717, 1.165) is 40.8 Å². The molecule has 2 heterocycles. The number of benzene rings is 3. The average Bonchev–Trinajstić information content (AvgIpc) is 3.27. The summed E-state index contributed by atoms with van der Waals surface area (Å²) < 4.78 is 19.2. The van der Waals surface area contributed by atoms with E-state index < -0.39 is 6.04 Å². The zero-order chi connectivity index (χ0) is 27.1. The number of phenolic OH excluding ortho intramolecular Hbond substituents is 1. The third-order valence-electron chi connectivity index (χ3n) is 7.19. The van der Waals surface area contributed by atoms with Crippen LogP contribution in [0.2, 0.25) is 0 Å². The first-order chi connectivity index (χ1) is 19.0. The lowest BCUT2D eigenvalue weighted by molar-refractivity contribution is 0.318. The van der Waals surface area contributed by atoms with Gasteiger partial charge in [0, 0.05) is 11.1 Å². The summed E-state index contributed by atoms with van der Waals surface area (Å²) in [5.41, 5.74) is 5.84. The summed E-state index contributed by atoms with van der Waals surface area (Å²) in [6.45, 7) is 2.28. The van der Waals surface area contributed by atoms with E-state index in [4.69, 9.17) is 19.2 Å². The molecule has 0 saturated carbocycles. The molecule has 1 unspecified atom stereocenters. The fourth-order valence-electron chi connectivity index (χ4n) is 5.39. The molecule has 39 heavy (non-hydrogen) atoms. The van der Waals surface area contributed by atoms with Gasteiger partial charge in [0.15, 0.2) is 16.3 Å². The van der Waals surface area contributed by atoms with Crippen molar-refractivity contribution in [3.63, 3.8) is 0 Å². The lowest BCUT2D eigenvalue weighted by atomic mass is 9.83. The Hall–Kier alpha value is -4.30. The standard InChI is InChI=1S/C31H28N2O5S/c1-4-38-26-15-18(9-13-24(26)34)16-27-30(35)33-29(23-17-20(36-2)11-14-25(23)37-3)22-12-10-19-7-5-6-8-21(19)28(22)32-31(33)39-27/h5-9,11,13-17,29,34H,4,10,12H2,1-3H3. The Morgan fingerprint density at radius 3 is 2.69 bits per heavy atom. The second-order valence-electron chi connectivity index (χ2n) is 9.38. The molecule has 198 valence electrons. The molecule has 8 heteroatoms. The van der Waals surface area contributed by atoms with E-state index in [1.54, 1.807) is 37.0 Å². The monoisotopic (exact) mass is 540 g/mol. The third kappa shape index (κ3) is 4.30. The summed E-state index contributed by atoms with van der Waals surface area (Å²) in [5.74, 6) is 1.82. The van der Waals surface area contributed by atoms with Crippen molar-refractivity contribution in [2.75, 3.05) is 20.8 Å². The highest BCUT2D eigenvalue weighted by molar-refractivity contribution is 7.07. The Bertz CT molecular complexity index is 1800. The van der Waals surface area contributed by atoms with Gasteiger partial charge in [0.1, 0.15) is 11.5 Å². The normalized spacial score (nSPS) is 16.2. The average molecular weight is 541 g/mol. The molecular weight excluding hydrogens is 512 g/mol. The molecule has 0 radical (unpaired) electrons. The summed E-state index contributed by atoms with van der Waals surface area (Å²) >= 11 is 1.35. The predicted molar refractivity (Wildman–Crippen MR) is 152 cm³/mol. The Morgan fingerprint density at radius 2 is 1.90 bits per heavy atom. The first-order valence-corrected chi connectivity index (χ1v) is 13.6. The molecule has 1 aliphatic carbocycles. The number of methoxy groups -OCH3 is 2. The topological polar surface area (TPSA) is 82.3 Å². The van der Waals surface area contributed by atoms with Gasteiger partial charge < -0.3 is 19.3 Å². The minimum absolute atomic E-state index is 0.0620. The van der Waals surface area contributed by atoms with Gasteiger partial charge in [-0.2, -0.15) is 0 Å². The van der Waals surface area contributed by atoms with E-state index >= 15 is 0 Å². The molecule has 0 spiro atoms. The van der Waals surface area contributed by atoms with E-state index in [1.165, 1.54) is 16.9 Å². The van der Waals surface area contributed by atoms with Gasteiger partial charge in [0.2, 0.25) is 0 Å². The van der Waals surface area contributed by atoms with E-state index in [9.17, 15) is 9.90 Å². The van der Waals surface area contributed by atoms with Crippen LogP contribution in [0.4, 0.5) is 0 Å². The van der Waals surface area contributed by atoms with Gasteiger partial charge in [0.05, 0.1) is 37.1 Å². The van der Waals surface area contributed by atoms with Crippen LogP contribution >= 0.6 is 11.3 Å². The number of aromatic hydroxyl groups is 1. The molecule has 1 aliphatic heterocycles. The fourth-order valence-corrected chi connectivity index (χ4v) is 6.40. The number of thiazole rings is 1. The number of hydrogen-bond acceptors (Lipinski definition) is 7. The van der Waals surface area contributed by atoms with E-state index in [-0.39, 0.29) is 11.3 Å². The number of hydrogen-bond donors (Lipinski definition) is 1. The van der Waals surface area contributed by atoms with E-state index in [0.29, 0.717) is 33.2 Å². The fraction of sp³-hybridized carbons (Fsp3) is 0.226. The lowest BCUT2D eigenvalue weighted by Gasteiger charge is -2.31. The van der Waals surface area contributed by atoms with Crippen molar-refractivity contribution in [2.24, 2.45) is 4.99 Å². The summed E-state index contributed by atoms with van der Waals surface area (Å²) in [4.78, 5) is 19.8. The van der Waals surface area contributed by atoms with Gasteiger partial charge >= 0.3 is 0 Å². The van der Waals surface area contributed by atoms with Gasteiger partial charge in [-0.25, -0.2) is 4.99 Å². The Kier molecular flexibility index (Phi) is 6.48. The van der Waals surface area contributed by atoms with Crippen molar-refractivity contribution >= 4 is 23.1 Å². The van der Waals surface area contributed by atoms with Crippen molar-refractivity contribution in [1.82, 2.24) is 4.57 Å². The maximum atomic E-state index is 14.1. The molecule has 4 aromatic rings. The first-order valence-electron chi connectivity index (χ1n) is 12.8. The highest BCUT2D eigenvalue weighted by Gasteiger charge is 2.34. The van der Waals surface area contributed by atoms with Crippen LogP contribution in [0.1, 0.15) is 41.6 Å². The molecule has 3 aromatic carbocycles. The number of phenols is 1. The predicted octanol–water partition coefficient (Wildman–Crippen LogP) is 4.44. The SMILES string of the molecule is CCOc1cc(C=c2sc3n(c2=O)C(c2cc(OC)ccc2OC)C2=C(N=3)c3ccccc3CC2)ccc1O. The highest BCUT2D eigenvalue weighted by atomic mass is 32.1. The maximum Gasteiger partial charge on any atom is 0.271 e. The summed E-state index contributed by atoms with van der Waals surface area (Å²) in [6, 6.07) is 18.7. The summed E-state index contributed by atoms with van der Waals surface area (Å²) in [7, 11) is 3.27. The maximum absolute atomic E-state index is 14.1. The molecule has 0 fully saturated rings. The number of fused-ring (bicyclic) bond motifs is 3. The van der Waals surface area contributed by atoms with Crippen molar-refractivity contribution in [3.05, 3.63) is 108 Å². The number of ether oxygens (including phenoxy) is 3. The van der Waals surface area contributed by atoms with Crippen LogP contribution in [0.15, 0.2) is 76.0 Å². The number of nitrogens with zero attached hydrogens (tertiary/aromatic N) is 2. The minimum atomic E-state index is -0.393. The quantitative estimate of drug-likeness (QED) is 0.391. The Morgan fingerprint density at radius 1 is 1.05 bits per heavy atom. The molecule has 0 saturated heterocycles. The minimum Gasteiger partial charge on any atom is -0.504 e. The van der Waals surface area contributed by atoms with Crippen molar-refractivity contribution in [1.29, 1.82) is 0 Å². The van der Waals surface area contributed by atoms with Gasteiger partial charge in [-0.05, 0) is 72.9 Å². The molecule has 1 atom stereocenters. The van der Waals surface area contributed by atoms with Crippen LogP contribution < -0.4 is 29.1 Å². The summed E-state index contributed by atoms with van der Waals surface area (Å²) in [5, 5.41) is 10.1. The van der Waals surface area contributed by atoms with Crippen LogP contribution in [-0.2, 0) is 6.42 Å². The van der Waals surface area contributed by atoms with Crippen LogP contribution in [-0.4, -0.2) is 30.5 Å². The van der Waals surface area contributed by atoms with Gasteiger partial charge in [-0.1, -0.05) is 41.7 Å². The van der Waals surface area contributed by atoms with E-state index in [1.807, 2.05) is 37.3 Å². The van der Waals surface area contributed by atoms with Crippen LogP contribution in [0.25, 0.3) is 11.8 Å². The Balaban J connectivity index is 1.62. The number of rotatable bonds is 6. The highest BCUT2D eigenvalue weighted by Crippen LogP contribution is 2.44. The zero-order valence-electron chi connectivity index (χ0n) is 21.9. The summed E-state index contributed by atoms with van der Waals surface area (Å²) in [6.07, 6.45) is 3.47. The number of aryl methyl sites for hydroxylation is 1. The first kappa shape index (κ1) is 25.0. The molecule has 1 aromatic heterocycles. The second-order valence-corrected chi connectivity index (χ2v) is 10.4. The Labute approximate surface area is 229 Å².